The second-order valence-corrected chi connectivity index (χ2v) is 2.84. The van der Waals surface area contributed by atoms with E-state index in [9.17, 15) is 0 Å². The van der Waals surface area contributed by atoms with E-state index in [0.29, 0.717) is 0 Å². The van der Waals surface area contributed by atoms with E-state index in [0.717, 1.165) is 16.9 Å². The van der Waals surface area contributed by atoms with Gasteiger partial charge in [-0.1, -0.05) is 6.07 Å². The van der Waals surface area contributed by atoms with Gasteiger partial charge in [0.2, 0.25) is 0 Å². The van der Waals surface area contributed by atoms with E-state index in [1.165, 1.54) is 5.56 Å². The lowest BCUT2D eigenvalue weighted by molar-refractivity contribution is 1.17. The first-order valence-electron chi connectivity index (χ1n) is 3.69. The van der Waals surface area contributed by atoms with Crippen LogP contribution in [0.25, 0.3) is 11.0 Å². The monoisotopic (exact) mass is 146 g/mol. The highest BCUT2D eigenvalue weighted by molar-refractivity contribution is 5.75. The lowest BCUT2D eigenvalue weighted by Crippen LogP contribution is -1.71. The third-order valence-electron chi connectivity index (χ3n) is 1.76. The van der Waals surface area contributed by atoms with Gasteiger partial charge < -0.3 is 4.98 Å². The third kappa shape index (κ3) is 1.00. The van der Waals surface area contributed by atoms with Crippen LogP contribution in [0, 0.1) is 13.8 Å². The van der Waals surface area contributed by atoms with Gasteiger partial charge in [-0.25, -0.2) is 4.98 Å². The van der Waals surface area contributed by atoms with Crippen LogP contribution in [0.5, 0.6) is 0 Å². The topological polar surface area (TPSA) is 28.7 Å². The zero-order chi connectivity index (χ0) is 7.84. The van der Waals surface area contributed by atoms with Crippen molar-refractivity contribution in [1.29, 1.82) is 0 Å². The summed E-state index contributed by atoms with van der Waals surface area (Å²) in [6.45, 7) is 4.05. The molecule has 0 spiro atoms. The zero-order valence-electron chi connectivity index (χ0n) is 6.68. The third-order valence-corrected chi connectivity index (χ3v) is 1.76. The van der Waals surface area contributed by atoms with Gasteiger partial charge in [-0.3, -0.25) is 0 Å². The Kier molecular flexibility index (Phi) is 1.22. The van der Waals surface area contributed by atoms with E-state index in [1.807, 2.05) is 13.0 Å². The summed E-state index contributed by atoms with van der Waals surface area (Å²) in [4.78, 5) is 7.49. The molecule has 0 saturated carbocycles. The molecule has 0 bridgehead atoms. The molecule has 2 heteroatoms. The molecule has 2 aromatic rings. The largest absolute Gasteiger partial charge is 0.342 e. The maximum atomic E-state index is 4.30. The Labute approximate surface area is 65.3 Å². The lowest BCUT2D eigenvalue weighted by atomic mass is 10.2. The summed E-state index contributed by atoms with van der Waals surface area (Å²) >= 11 is 0. The number of aromatic amines is 1. The molecule has 0 aliphatic carbocycles. The van der Waals surface area contributed by atoms with Crippen molar-refractivity contribution in [2.45, 2.75) is 13.8 Å². The van der Waals surface area contributed by atoms with Crippen LogP contribution in [-0.2, 0) is 0 Å². The lowest BCUT2D eigenvalue weighted by Gasteiger charge is -1.89. The Morgan fingerprint density at radius 1 is 1.27 bits per heavy atom. The van der Waals surface area contributed by atoms with Gasteiger partial charge >= 0.3 is 0 Å². The molecule has 2 nitrogen and oxygen atoms in total. The number of benzene rings is 1. The second-order valence-electron chi connectivity index (χ2n) is 2.84. The Bertz CT molecular complexity index is 387. The van der Waals surface area contributed by atoms with E-state index in [2.05, 4.69) is 29.0 Å². The fraction of sp³-hybridized carbons (Fsp3) is 0.222. The van der Waals surface area contributed by atoms with Gasteiger partial charge in [0.15, 0.2) is 0 Å². The molecule has 11 heavy (non-hydrogen) atoms. The average molecular weight is 146 g/mol. The first-order valence-corrected chi connectivity index (χ1v) is 3.69. The fourth-order valence-corrected chi connectivity index (χ4v) is 1.25. The summed E-state index contributed by atoms with van der Waals surface area (Å²) in [5.74, 6) is 0.977. The van der Waals surface area contributed by atoms with Gasteiger partial charge in [0.1, 0.15) is 5.82 Å². The summed E-state index contributed by atoms with van der Waals surface area (Å²) in [6.07, 6.45) is 0. The predicted octanol–water partition coefficient (Wildman–Crippen LogP) is 2.18. The summed E-state index contributed by atoms with van der Waals surface area (Å²) in [7, 11) is 0. The van der Waals surface area contributed by atoms with Crippen LogP contribution >= 0.6 is 0 Å². The number of hydrogen-bond donors (Lipinski definition) is 1. The van der Waals surface area contributed by atoms with E-state index < -0.39 is 0 Å². The van der Waals surface area contributed by atoms with Gasteiger partial charge in [-0.05, 0) is 31.5 Å². The maximum absolute atomic E-state index is 4.30. The molecular formula is C9H10N2. The van der Waals surface area contributed by atoms with Crippen molar-refractivity contribution in [3.05, 3.63) is 29.6 Å². The smallest absolute Gasteiger partial charge is 0.104 e. The zero-order valence-corrected chi connectivity index (χ0v) is 6.68. The van der Waals surface area contributed by atoms with Gasteiger partial charge in [0, 0.05) is 0 Å². The second kappa shape index (κ2) is 2.09. The van der Waals surface area contributed by atoms with Crippen molar-refractivity contribution in [3.8, 4) is 0 Å². The van der Waals surface area contributed by atoms with Crippen LogP contribution in [0.4, 0.5) is 0 Å². The molecule has 0 saturated heterocycles. The van der Waals surface area contributed by atoms with Crippen LogP contribution in [0.2, 0.25) is 0 Å². The number of nitrogens with one attached hydrogen (secondary N) is 1. The molecule has 1 N–H and O–H groups in total. The molecule has 1 heterocycles. The van der Waals surface area contributed by atoms with Crippen molar-refractivity contribution < 1.29 is 0 Å². The van der Waals surface area contributed by atoms with Gasteiger partial charge in [0.05, 0.1) is 11.0 Å². The van der Waals surface area contributed by atoms with E-state index >= 15 is 0 Å². The molecule has 0 unspecified atom stereocenters. The number of aryl methyl sites for hydroxylation is 2. The highest BCUT2D eigenvalue weighted by atomic mass is 14.9. The highest BCUT2D eigenvalue weighted by Gasteiger charge is 1.96. The first-order chi connectivity index (χ1) is 5.25. The summed E-state index contributed by atoms with van der Waals surface area (Å²) in [5.41, 5.74) is 3.44. The van der Waals surface area contributed by atoms with Crippen LogP contribution in [0.1, 0.15) is 11.4 Å². The van der Waals surface area contributed by atoms with Crippen molar-refractivity contribution in [2.75, 3.05) is 0 Å². The molecule has 1 aromatic carbocycles. The van der Waals surface area contributed by atoms with E-state index in [1.54, 1.807) is 0 Å². The molecule has 0 atom stereocenters. The van der Waals surface area contributed by atoms with Crippen molar-refractivity contribution in [2.24, 2.45) is 0 Å². The number of nitrogens with zero attached hydrogens (tertiary/aromatic N) is 1. The van der Waals surface area contributed by atoms with E-state index in [4.69, 9.17) is 0 Å². The van der Waals surface area contributed by atoms with E-state index in [-0.39, 0.29) is 0 Å². The van der Waals surface area contributed by atoms with Crippen molar-refractivity contribution in [3.63, 3.8) is 0 Å². The first kappa shape index (κ1) is 6.40. The Morgan fingerprint density at radius 3 is 2.91 bits per heavy atom. The minimum atomic E-state index is 0.977. The van der Waals surface area contributed by atoms with Gasteiger partial charge in [-0.2, -0.15) is 0 Å². The predicted molar refractivity (Wildman–Crippen MR) is 45.6 cm³/mol. The van der Waals surface area contributed by atoms with Crippen LogP contribution in [-0.4, -0.2) is 9.97 Å². The van der Waals surface area contributed by atoms with Crippen molar-refractivity contribution in [1.82, 2.24) is 9.97 Å². The maximum Gasteiger partial charge on any atom is 0.104 e. The molecule has 1 aromatic heterocycles. The standard InChI is InChI=1S/C9H10N2/c1-6-3-4-8-9(5-6)11-7(2)10-8/h3-5H,1-2H3,(H,10,11). The average Bonchev–Trinajstić information content (AvgIpc) is 2.27. The molecule has 0 amide bonds. The number of aromatic nitrogens is 2. The summed E-state index contributed by atoms with van der Waals surface area (Å²) in [6, 6.07) is 6.21. The summed E-state index contributed by atoms with van der Waals surface area (Å²) in [5, 5.41) is 0. The number of hydrogen-bond acceptors (Lipinski definition) is 1. The number of imidazole rings is 1. The SMILES string of the molecule is Cc1ccc2nc(C)[nH]c2c1. The molecule has 2 rings (SSSR count). The van der Waals surface area contributed by atoms with Crippen molar-refractivity contribution >= 4 is 11.0 Å². The van der Waals surface area contributed by atoms with Crippen LogP contribution in [0.15, 0.2) is 18.2 Å². The highest BCUT2D eigenvalue weighted by Crippen LogP contribution is 2.12. The molecule has 0 aliphatic rings. The van der Waals surface area contributed by atoms with Gasteiger partial charge in [0.25, 0.3) is 0 Å². The van der Waals surface area contributed by atoms with Gasteiger partial charge in [-0.15, -0.1) is 0 Å². The fourth-order valence-electron chi connectivity index (χ4n) is 1.25. The Hall–Kier alpha value is -1.31. The number of H-pyrrole nitrogens is 1. The normalized spacial score (nSPS) is 10.7. The van der Waals surface area contributed by atoms with Crippen LogP contribution < -0.4 is 0 Å². The minimum absolute atomic E-state index is 0.977. The minimum Gasteiger partial charge on any atom is -0.342 e. The molecule has 0 radical (unpaired) electrons. The number of fused-ring (bicyclic) bond motifs is 1. The molecule has 0 aliphatic heterocycles. The molecule has 56 valence electrons. The van der Waals surface area contributed by atoms with Crippen LogP contribution in [0.3, 0.4) is 0 Å². The quantitative estimate of drug-likeness (QED) is 0.606. The number of rotatable bonds is 0. The Balaban J connectivity index is 2.82. The Morgan fingerprint density at radius 2 is 2.09 bits per heavy atom. The molecular weight excluding hydrogens is 136 g/mol. The summed E-state index contributed by atoms with van der Waals surface area (Å²) < 4.78 is 0. The molecule has 0 fully saturated rings.